The average molecular weight is 483 g/mol. The minimum Gasteiger partial charge on any atom is -0.412 e. The van der Waals surface area contributed by atoms with Gasteiger partial charge in [-0.1, -0.05) is 0 Å². The molecule has 0 saturated carbocycles. The van der Waals surface area contributed by atoms with Gasteiger partial charge < -0.3 is 14.3 Å². The van der Waals surface area contributed by atoms with Crippen LogP contribution in [-0.2, 0) is 19.6 Å². The molecule has 0 unspecified atom stereocenters. The highest BCUT2D eigenvalue weighted by atomic mass is 19.4. The molecular formula is C21H16F3N9O2. The van der Waals surface area contributed by atoms with E-state index in [0.717, 1.165) is 22.5 Å². The number of aromatic nitrogens is 8. The molecule has 5 aromatic heterocycles. The molecule has 0 radical (unpaired) electrons. The molecule has 0 bridgehead atoms. The molecule has 0 fully saturated rings. The molecule has 1 aliphatic heterocycles. The van der Waals surface area contributed by atoms with Gasteiger partial charge in [0, 0.05) is 38.1 Å². The smallest absolute Gasteiger partial charge is 0.412 e. The molecule has 6 heterocycles. The molecule has 178 valence electrons. The lowest BCUT2D eigenvalue weighted by atomic mass is 9.99. The predicted molar refractivity (Wildman–Crippen MR) is 112 cm³/mol. The molecule has 1 atom stereocenters. The lowest BCUT2D eigenvalue weighted by Crippen LogP contribution is -2.41. The van der Waals surface area contributed by atoms with E-state index in [0.29, 0.717) is 28.9 Å². The third-order valence-electron chi connectivity index (χ3n) is 5.83. The Morgan fingerprint density at radius 2 is 2.09 bits per heavy atom. The van der Waals surface area contributed by atoms with Crippen molar-refractivity contribution in [3.8, 4) is 11.5 Å². The van der Waals surface area contributed by atoms with E-state index in [4.69, 9.17) is 4.42 Å². The maximum Gasteiger partial charge on any atom is 0.417 e. The van der Waals surface area contributed by atoms with Crippen molar-refractivity contribution in [3.63, 3.8) is 0 Å². The topological polar surface area (TPSA) is 123 Å². The summed E-state index contributed by atoms with van der Waals surface area (Å²) in [5.41, 5.74) is 1.90. The van der Waals surface area contributed by atoms with Crippen molar-refractivity contribution in [3.05, 3.63) is 71.7 Å². The van der Waals surface area contributed by atoms with Gasteiger partial charge in [-0.2, -0.15) is 23.4 Å². The van der Waals surface area contributed by atoms with Gasteiger partial charge in [0.25, 0.3) is 5.89 Å². The van der Waals surface area contributed by atoms with Crippen LogP contribution in [0, 0.1) is 0 Å². The van der Waals surface area contributed by atoms with Gasteiger partial charge in [-0.15, -0.1) is 10.2 Å². The van der Waals surface area contributed by atoms with Crippen molar-refractivity contribution in [2.75, 3.05) is 6.54 Å². The standard InChI is InChI=1S/C21H16F3N9O2/c1-31-8-11(7-27-31)18-28-29-19(35-18)20(34)32-5-4-14-16(26-10-25-14)17(32)15-6-13-3-2-12(21(22,23)24)9-33(13)30-15/h2-3,6-10,17H,4-5H2,1H3,(H,25,26)/t17-/m0/s1. The minimum atomic E-state index is -4.51. The average Bonchev–Trinajstić information content (AvgIpc) is 3.62. The molecular weight excluding hydrogens is 467 g/mol. The van der Waals surface area contributed by atoms with Gasteiger partial charge in [0.05, 0.1) is 40.6 Å². The summed E-state index contributed by atoms with van der Waals surface area (Å²) in [6, 6.07) is 3.19. The number of aromatic amines is 1. The Morgan fingerprint density at radius 3 is 2.86 bits per heavy atom. The van der Waals surface area contributed by atoms with E-state index < -0.39 is 23.7 Å². The van der Waals surface area contributed by atoms with Crippen LogP contribution in [0.25, 0.3) is 17.0 Å². The van der Waals surface area contributed by atoms with Crippen LogP contribution in [0.3, 0.4) is 0 Å². The summed E-state index contributed by atoms with van der Waals surface area (Å²) < 4.78 is 47.9. The Morgan fingerprint density at radius 1 is 1.23 bits per heavy atom. The fourth-order valence-corrected chi connectivity index (χ4v) is 4.18. The number of fused-ring (bicyclic) bond motifs is 2. The Bertz CT molecular complexity index is 1560. The second kappa shape index (κ2) is 7.51. The highest BCUT2D eigenvalue weighted by Gasteiger charge is 2.38. The summed E-state index contributed by atoms with van der Waals surface area (Å²) in [4.78, 5) is 22.4. The predicted octanol–water partition coefficient (Wildman–Crippen LogP) is 2.65. The van der Waals surface area contributed by atoms with Gasteiger partial charge in [-0.3, -0.25) is 9.48 Å². The number of carbonyl (C=O) groups is 1. The Balaban J connectivity index is 1.39. The van der Waals surface area contributed by atoms with E-state index in [-0.39, 0.29) is 18.3 Å². The molecule has 1 amide bonds. The molecule has 1 N–H and O–H groups in total. The van der Waals surface area contributed by atoms with E-state index in [1.54, 1.807) is 24.0 Å². The number of pyridine rings is 1. The van der Waals surface area contributed by atoms with Crippen LogP contribution >= 0.6 is 0 Å². The number of amides is 1. The van der Waals surface area contributed by atoms with Gasteiger partial charge in [0.1, 0.15) is 6.04 Å². The SMILES string of the molecule is Cn1cc(-c2nnc(C(=O)N3CCc4[nH]cnc4[C@@H]3c3cc4ccc(C(F)(F)F)cn4n3)o2)cn1. The number of carbonyl (C=O) groups excluding carboxylic acids is 1. The van der Waals surface area contributed by atoms with Crippen LogP contribution in [-0.4, -0.2) is 56.9 Å². The van der Waals surface area contributed by atoms with Gasteiger partial charge in [-0.25, -0.2) is 9.50 Å². The van der Waals surface area contributed by atoms with Crippen LogP contribution in [0.2, 0.25) is 0 Å². The monoisotopic (exact) mass is 483 g/mol. The third kappa shape index (κ3) is 3.53. The second-order valence-corrected chi connectivity index (χ2v) is 8.09. The molecule has 0 aromatic carbocycles. The fourth-order valence-electron chi connectivity index (χ4n) is 4.18. The van der Waals surface area contributed by atoms with Crippen LogP contribution in [0.15, 0.2) is 47.5 Å². The summed E-state index contributed by atoms with van der Waals surface area (Å²) in [6.45, 7) is 0.283. The van der Waals surface area contributed by atoms with Crippen LogP contribution < -0.4 is 0 Å². The third-order valence-corrected chi connectivity index (χ3v) is 5.83. The lowest BCUT2D eigenvalue weighted by Gasteiger charge is -2.32. The van der Waals surface area contributed by atoms with E-state index in [2.05, 4.69) is 30.4 Å². The Kier molecular flexibility index (Phi) is 4.52. The van der Waals surface area contributed by atoms with Crippen LogP contribution in [0.5, 0.6) is 0 Å². The van der Waals surface area contributed by atoms with Gasteiger partial charge in [0.15, 0.2) is 0 Å². The quantitative estimate of drug-likeness (QED) is 0.419. The minimum absolute atomic E-state index is 0.142. The van der Waals surface area contributed by atoms with Gasteiger partial charge >= 0.3 is 18.0 Å². The number of aryl methyl sites for hydroxylation is 1. The first-order chi connectivity index (χ1) is 16.8. The maximum atomic E-state index is 13.5. The Labute approximate surface area is 194 Å². The maximum absolute atomic E-state index is 13.5. The zero-order valence-corrected chi connectivity index (χ0v) is 18.1. The summed E-state index contributed by atoms with van der Waals surface area (Å²) in [7, 11) is 1.73. The van der Waals surface area contributed by atoms with E-state index in [1.807, 2.05) is 0 Å². The number of halogens is 3. The Hall–Kier alpha value is -4.49. The zero-order valence-electron chi connectivity index (χ0n) is 18.1. The fraction of sp³-hybridized carbons (Fsp3) is 0.238. The molecule has 35 heavy (non-hydrogen) atoms. The molecule has 0 aliphatic carbocycles. The number of H-pyrrole nitrogens is 1. The molecule has 5 aromatic rings. The highest BCUT2D eigenvalue weighted by molar-refractivity contribution is 5.90. The number of rotatable bonds is 3. The van der Waals surface area contributed by atoms with Crippen LogP contribution in [0.1, 0.15) is 39.4 Å². The molecule has 0 spiro atoms. The summed E-state index contributed by atoms with van der Waals surface area (Å²) in [5, 5.41) is 16.3. The number of hydrogen-bond acceptors (Lipinski definition) is 7. The number of hydrogen-bond donors (Lipinski definition) is 1. The van der Waals surface area contributed by atoms with Crippen molar-refractivity contribution in [2.24, 2.45) is 7.05 Å². The number of nitrogens with one attached hydrogen (secondary N) is 1. The van der Waals surface area contributed by atoms with Crippen molar-refractivity contribution in [1.29, 1.82) is 0 Å². The highest BCUT2D eigenvalue weighted by Crippen LogP contribution is 2.35. The first-order valence-electron chi connectivity index (χ1n) is 10.5. The first-order valence-corrected chi connectivity index (χ1v) is 10.5. The number of nitrogens with zero attached hydrogens (tertiary/aromatic N) is 8. The molecule has 1 aliphatic rings. The molecule has 6 rings (SSSR count). The van der Waals surface area contributed by atoms with E-state index >= 15 is 0 Å². The van der Waals surface area contributed by atoms with Crippen molar-refractivity contribution in [2.45, 2.75) is 18.6 Å². The zero-order chi connectivity index (χ0) is 24.3. The van der Waals surface area contributed by atoms with Crippen molar-refractivity contribution >= 4 is 11.4 Å². The van der Waals surface area contributed by atoms with Crippen molar-refractivity contribution < 1.29 is 22.4 Å². The van der Waals surface area contributed by atoms with Crippen molar-refractivity contribution in [1.82, 2.24) is 44.5 Å². The van der Waals surface area contributed by atoms with Gasteiger partial charge in [-0.05, 0) is 18.2 Å². The second-order valence-electron chi connectivity index (χ2n) is 8.09. The number of imidazole rings is 1. The van der Waals surface area contributed by atoms with E-state index in [1.165, 1.54) is 23.5 Å². The number of alkyl halides is 3. The lowest BCUT2D eigenvalue weighted by molar-refractivity contribution is -0.137. The summed E-state index contributed by atoms with van der Waals surface area (Å²) in [5.74, 6) is -0.627. The molecule has 11 nitrogen and oxygen atoms in total. The molecule has 14 heteroatoms. The van der Waals surface area contributed by atoms with E-state index in [9.17, 15) is 18.0 Å². The largest absolute Gasteiger partial charge is 0.417 e. The summed E-state index contributed by atoms with van der Waals surface area (Å²) in [6.07, 6.45) is 1.62. The summed E-state index contributed by atoms with van der Waals surface area (Å²) >= 11 is 0. The van der Waals surface area contributed by atoms with Gasteiger partial charge in [0.2, 0.25) is 0 Å². The first kappa shape index (κ1) is 21.1. The van der Waals surface area contributed by atoms with Crippen LogP contribution in [0.4, 0.5) is 13.2 Å². The normalized spacial score (nSPS) is 16.1. The molecule has 0 saturated heterocycles.